The Labute approximate surface area is 144 Å². The van der Waals surface area contributed by atoms with Crippen molar-refractivity contribution in [3.8, 4) is 5.88 Å². The van der Waals surface area contributed by atoms with Gasteiger partial charge in [0.15, 0.2) is 0 Å². The van der Waals surface area contributed by atoms with Crippen molar-refractivity contribution in [2.24, 2.45) is 0 Å². The summed E-state index contributed by atoms with van der Waals surface area (Å²) < 4.78 is 5.12. The molecule has 128 valence electrons. The lowest BCUT2D eigenvalue weighted by Crippen LogP contribution is -2.54. The number of nitrogens with one attached hydrogen (secondary N) is 1. The van der Waals surface area contributed by atoms with Gasteiger partial charge in [0.1, 0.15) is 5.56 Å². The van der Waals surface area contributed by atoms with Gasteiger partial charge in [-0.1, -0.05) is 24.6 Å². The number of thioether (sulfide) groups is 1. The highest BCUT2D eigenvalue weighted by molar-refractivity contribution is 8.14. The third-order valence-electron chi connectivity index (χ3n) is 4.37. The molecule has 3 rings (SSSR count). The number of ether oxygens (including phenoxy) is 1. The lowest BCUT2D eigenvalue weighted by Gasteiger charge is -2.36. The summed E-state index contributed by atoms with van der Waals surface area (Å²) >= 11 is 1.03. The van der Waals surface area contributed by atoms with Crippen molar-refractivity contribution in [2.45, 2.75) is 37.8 Å². The van der Waals surface area contributed by atoms with E-state index in [4.69, 9.17) is 4.74 Å². The van der Waals surface area contributed by atoms with Crippen LogP contribution in [0.25, 0.3) is 0 Å². The Bertz CT molecular complexity index is 650. The Hall–Kier alpha value is -2.09. The fourth-order valence-electron chi connectivity index (χ4n) is 3.25. The number of carbonyl (C=O) groups is 3. The normalized spacial score (nSPS) is 24.1. The number of imide groups is 1. The average Bonchev–Trinajstić information content (AvgIpc) is 2.94. The minimum atomic E-state index is -0.302. The maximum atomic E-state index is 12.6. The van der Waals surface area contributed by atoms with Gasteiger partial charge in [0.05, 0.1) is 24.9 Å². The standard InChI is InChI=1S/C16H19N3O4S/c1-23-15-10(5-4-8-17-15)14(21)18-11-6-2-3-7-12(11)19-13(20)9-24-16(19)22/h4-5,8,11-12H,2-3,6-7,9H2,1H3,(H,18,21)/t11-,12+/m0/s1. The molecule has 7 nitrogen and oxygen atoms in total. The predicted octanol–water partition coefficient (Wildman–Crippen LogP) is 1.83. The van der Waals surface area contributed by atoms with Crippen LogP contribution in [0.1, 0.15) is 36.0 Å². The van der Waals surface area contributed by atoms with E-state index in [1.165, 1.54) is 12.0 Å². The molecule has 1 aliphatic heterocycles. The summed E-state index contributed by atoms with van der Waals surface area (Å²) in [6.07, 6.45) is 4.90. The molecule has 2 heterocycles. The van der Waals surface area contributed by atoms with E-state index in [2.05, 4.69) is 10.3 Å². The van der Waals surface area contributed by atoms with Gasteiger partial charge in [0.2, 0.25) is 11.8 Å². The van der Waals surface area contributed by atoms with Crippen molar-refractivity contribution in [2.75, 3.05) is 12.9 Å². The molecule has 0 unspecified atom stereocenters. The van der Waals surface area contributed by atoms with Crippen molar-refractivity contribution in [3.05, 3.63) is 23.9 Å². The van der Waals surface area contributed by atoms with Gasteiger partial charge >= 0.3 is 0 Å². The van der Waals surface area contributed by atoms with Crippen LogP contribution in [-0.2, 0) is 4.79 Å². The lowest BCUT2D eigenvalue weighted by molar-refractivity contribution is -0.127. The molecular formula is C16H19N3O4S. The van der Waals surface area contributed by atoms with E-state index in [1.54, 1.807) is 18.3 Å². The Kier molecular flexibility index (Phi) is 5.03. The van der Waals surface area contributed by atoms with E-state index in [0.717, 1.165) is 31.0 Å². The van der Waals surface area contributed by atoms with Crippen LogP contribution in [0.3, 0.4) is 0 Å². The third kappa shape index (κ3) is 3.24. The van der Waals surface area contributed by atoms with Crippen molar-refractivity contribution in [3.63, 3.8) is 0 Å². The van der Waals surface area contributed by atoms with Gasteiger partial charge in [0.25, 0.3) is 11.1 Å². The Morgan fingerprint density at radius 2 is 2.17 bits per heavy atom. The Balaban J connectivity index is 1.77. The van der Waals surface area contributed by atoms with Crippen molar-refractivity contribution >= 4 is 28.8 Å². The molecule has 1 saturated heterocycles. The Morgan fingerprint density at radius 1 is 1.38 bits per heavy atom. The highest BCUT2D eigenvalue weighted by Crippen LogP contribution is 2.30. The summed E-state index contributed by atoms with van der Waals surface area (Å²) in [7, 11) is 1.46. The minimum absolute atomic E-state index is 0.171. The topological polar surface area (TPSA) is 88.6 Å². The average molecular weight is 349 g/mol. The highest BCUT2D eigenvalue weighted by Gasteiger charge is 2.41. The van der Waals surface area contributed by atoms with E-state index >= 15 is 0 Å². The van der Waals surface area contributed by atoms with E-state index in [0.29, 0.717) is 12.0 Å². The van der Waals surface area contributed by atoms with Crippen LogP contribution in [-0.4, -0.2) is 51.9 Å². The third-order valence-corrected chi connectivity index (χ3v) is 5.21. The maximum absolute atomic E-state index is 12.6. The number of rotatable bonds is 4. The number of nitrogens with zero attached hydrogens (tertiary/aromatic N) is 2. The summed E-state index contributed by atoms with van der Waals surface area (Å²) in [6.45, 7) is 0. The summed E-state index contributed by atoms with van der Waals surface area (Å²) in [5.74, 6) is -0.0307. The molecule has 0 aromatic carbocycles. The summed E-state index contributed by atoms with van der Waals surface area (Å²) in [5, 5.41) is 2.75. The van der Waals surface area contributed by atoms with Gasteiger partial charge in [-0.3, -0.25) is 19.3 Å². The van der Waals surface area contributed by atoms with E-state index in [1.807, 2.05) is 0 Å². The number of hydrogen-bond acceptors (Lipinski definition) is 6. The molecule has 0 bridgehead atoms. The fraction of sp³-hybridized carbons (Fsp3) is 0.500. The molecule has 3 amide bonds. The molecule has 0 radical (unpaired) electrons. The molecular weight excluding hydrogens is 330 g/mol. The van der Waals surface area contributed by atoms with Gasteiger partial charge in [-0.2, -0.15) is 0 Å². The number of pyridine rings is 1. The molecule has 8 heteroatoms. The van der Waals surface area contributed by atoms with Gasteiger partial charge in [-0.15, -0.1) is 0 Å². The maximum Gasteiger partial charge on any atom is 0.289 e. The Morgan fingerprint density at radius 3 is 2.88 bits per heavy atom. The molecule has 2 fully saturated rings. The van der Waals surface area contributed by atoms with Crippen LogP contribution in [0, 0.1) is 0 Å². The predicted molar refractivity (Wildman–Crippen MR) is 89.0 cm³/mol. The first kappa shape index (κ1) is 16.8. The zero-order valence-electron chi connectivity index (χ0n) is 13.4. The summed E-state index contributed by atoms with van der Waals surface area (Å²) in [6, 6.07) is 2.78. The smallest absolute Gasteiger partial charge is 0.289 e. The molecule has 1 N–H and O–H groups in total. The van der Waals surface area contributed by atoms with Crippen LogP contribution >= 0.6 is 11.8 Å². The molecule has 0 spiro atoms. The van der Waals surface area contributed by atoms with Gasteiger partial charge < -0.3 is 10.1 Å². The van der Waals surface area contributed by atoms with Gasteiger partial charge in [-0.05, 0) is 25.0 Å². The monoisotopic (exact) mass is 349 g/mol. The van der Waals surface area contributed by atoms with Crippen molar-refractivity contribution in [1.29, 1.82) is 0 Å². The van der Waals surface area contributed by atoms with Crippen LogP contribution in [0.5, 0.6) is 5.88 Å². The van der Waals surface area contributed by atoms with Crippen molar-refractivity contribution < 1.29 is 19.1 Å². The van der Waals surface area contributed by atoms with Crippen LogP contribution in [0.2, 0.25) is 0 Å². The zero-order chi connectivity index (χ0) is 17.1. The number of carbonyl (C=O) groups excluding carboxylic acids is 3. The molecule has 24 heavy (non-hydrogen) atoms. The molecule has 2 aliphatic rings. The number of amides is 3. The second kappa shape index (κ2) is 7.21. The fourth-order valence-corrected chi connectivity index (χ4v) is 4.01. The van der Waals surface area contributed by atoms with Crippen LogP contribution in [0.4, 0.5) is 4.79 Å². The zero-order valence-corrected chi connectivity index (χ0v) is 14.2. The number of hydrogen-bond donors (Lipinski definition) is 1. The number of aromatic nitrogens is 1. The molecule has 1 aromatic rings. The van der Waals surface area contributed by atoms with E-state index in [-0.39, 0.29) is 40.8 Å². The molecule has 1 saturated carbocycles. The summed E-state index contributed by atoms with van der Waals surface area (Å²) in [4.78, 5) is 42.0. The first-order valence-corrected chi connectivity index (χ1v) is 8.89. The van der Waals surface area contributed by atoms with E-state index < -0.39 is 0 Å². The van der Waals surface area contributed by atoms with E-state index in [9.17, 15) is 14.4 Å². The van der Waals surface area contributed by atoms with Crippen LogP contribution < -0.4 is 10.1 Å². The van der Waals surface area contributed by atoms with Gasteiger partial charge in [0, 0.05) is 6.20 Å². The second-order valence-electron chi connectivity index (χ2n) is 5.81. The first-order valence-electron chi connectivity index (χ1n) is 7.90. The molecule has 2 atom stereocenters. The first-order chi connectivity index (χ1) is 11.6. The number of methoxy groups -OCH3 is 1. The van der Waals surface area contributed by atoms with Gasteiger partial charge in [-0.25, -0.2) is 4.98 Å². The minimum Gasteiger partial charge on any atom is -0.480 e. The highest BCUT2D eigenvalue weighted by atomic mass is 32.2. The largest absolute Gasteiger partial charge is 0.480 e. The second-order valence-corrected chi connectivity index (χ2v) is 6.74. The SMILES string of the molecule is COc1ncccc1C(=O)N[C@H]1CCCC[C@H]1N1C(=O)CSC1=O. The lowest BCUT2D eigenvalue weighted by atomic mass is 9.89. The molecule has 1 aliphatic carbocycles. The quantitative estimate of drug-likeness (QED) is 0.892. The van der Waals surface area contributed by atoms with Crippen molar-refractivity contribution in [1.82, 2.24) is 15.2 Å². The molecule has 1 aromatic heterocycles. The summed E-state index contributed by atoms with van der Waals surface area (Å²) in [5.41, 5.74) is 0.345. The van der Waals surface area contributed by atoms with Crippen LogP contribution in [0.15, 0.2) is 18.3 Å².